The van der Waals surface area contributed by atoms with Crippen LogP contribution in [0.25, 0.3) is 22.8 Å². The second kappa shape index (κ2) is 8.46. The summed E-state index contributed by atoms with van der Waals surface area (Å²) in [6.07, 6.45) is 5.93. The van der Waals surface area contributed by atoms with E-state index in [1.165, 1.54) is 66.4 Å². The topological polar surface area (TPSA) is 0 Å². The Morgan fingerprint density at radius 2 is 1.61 bits per heavy atom. The van der Waals surface area contributed by atoms with Crippen LogP contribution in [0.2, 0.25) is 0 Å². The second-order valence-corrected chi connectivity index (χ2v) is 10.1. The standard InChI is InChI=1S/C32H31Si/c1-6-23-18-28-25(24-11-8-7-9-12-24)13-10-14-26(28)32(23)27-15-16-29(33)22(5)31(27)30-20(3)17-19(2)21(30)4/h7-18,20,32H,6H2,1-5H3. The number of benzene rings is 3. The van der Waals surface area contributed by atoms with Crippen LogP contribution in [-0.2, 0) is 0 Å². The smallest absolute Gasteiger partial charge is 0.0715 e. The van der Waals surface area contributed by atoms with Crippen molar-refractivity contribution in [2.45, 2.75) is 47.0 Å². The van der Waals surface area contributed by atoms with Crippen molar-refractivity contribution in [1.82, 2.24) is 0 Å². The molecule has 33 heavy (non-hydrogen) atoms. The van der Waals surface area contributed by atoms with Gasteiger partial charge in [-0.05, 0) is 77.3 Å². The summed E-state index contributed by atoms with van der Waals surface area (Å²) in [7, 11) is 3.90. The van der Waals surface area contributed by atoms with Crippen LogP contribution < -0.4 is 5.19 Å². The summed E-state index contributed by atoms with van der Waals surface area (Å²) in [6, 6.07) is 22.3. The first-order valence-corrected chi connectivity index (χ1v) is 12.6. The average Bonchev–Trinajstić information content (AvgIpc) is 3.32. The molecule has 2 aliphatic rings. The highest BCUT2D eigenvalue weighted by atomic mass is 28.1. The fraction of sp³-hybridized carbons (Fsp3) is 0.250. The second-order valence-electron chi connectivity index (χ2n) is 9.56. The van der Waals surface area contributed by atoms with E-state index in [0.29, 0.717) is 11.8 Å². The van der Waals surface area contributed by atoms with Crippen LogP contribution in [0.15, 0.2) is 83.5 Å². The number of hydrogen-bond donors (Lipinski definition) is 0. The molecule has 0 amide bonds. The normalized spacial score (nSPS) is 19.6. The zero-order valence-electron chi connectivity index (χ0n) is 20.3. The molecule has 0 bridgehead atoms. The average molecular weight is 444 g/mol. The van der Waals surface area contributed by atoms with Crippen LogP contribution in [0.1, 0.15) is 67.9 Å². The number of rotatable bonds is 4. The summed E-state index contributed by atoms with van der Waals surface area (Å²) in [6.45, 7) is 11.5. The van der Waals surface area contributed by atoms with Crippen molar-refractivity contribution in [3.05, 3.63) is 111 Å². The molecule has 0 heterocycles. The van der Waals surface area contributed by atoms with Crippen LogP contribution >= 0.6 is 0 Å². The Kier molecular flexibility index (Phi) is 5.62. The Labute approximate surface area is 202 Å². The monoisotopic (exact) mass is 443 g/mol. The molecule has 2 aliphatic carbocycles. The highest BCUT2D eigenvalue weighted by Gasteiger charge is 2.32. The quantitative estimate of drug-likeness (QED) is 0.361. The van der Waals surface area contributed by atoms with Gasteiger partial charge in [-0.15, -0.1) is 0 Å². The highest BCUT2D eigenvalue weighted by Crippen LogP contribution is 2.49. The van der Waals surface area contributed by atoms with Crippen molar-refractivity contribution < 1.29 is 0 Å². The lowest BCUT2D eigenvalue weighted by Gasteiger charge is -2.26. The molecule has 0 nitrogen and oxygen atoms in total. The van der Waals surface area contributed by atoms with Gasteiger partial charge in [0.25, 0.3) is 0 Å². The van der Waals surface area contributed by atoms with E-state index in [1.807, 2.05) is 0 Å². The van der Waals surface area contributed by atoms with Gasteiger partial charge >= 0.3 is 0 Å². The van der Waals surface area contributed by atoms with E-state index >= 15 is 0 Å². The van der Waals surface area contributed by atoms with Crippen LogP contribution in [-0.4, -0.2) is 10.2 Å². The van der Waals surface area contributed by atoms with Crippen molar-refractivity contribution in [3.63, 3.8) is 0 Å². The molecule has 3 aromatic carbocycles. The first kappa shape index (κ1) is 21.9. The lowest BCUT2D eigenvalue weighted by molar-refractivity contribution is 0.893. The molecule has 163 valence electrons. The minimum Gasteiger partial charge on any atom is -0.0740 e. The molecule has 1 heteroatoms. The van der Waals surface area contributed by atoms with E-state index in [0.717, 1.165) is 6.42 Å². The van der Waals surface area contributed by atoms with Gasteiger partial charge in [0.15, 0.2) is 0 Å². The summed E-state index contributed by atoms with van der Waals surface area (Å²) in [5.74, 6) is 0.726. The molecule has 2 unspecified atom stereocenters. The summed E-state index contributed by atoms with van der Waals surface area (Å²) in [5, 5.41) is 1.18. The van der Waals surface area contributed by atoms with Gasteiger partial charge < -0.3 is 0 Å². The maximum atomic E-state index is 3.90. The maximum Gasteiger partial charge on any atom is 0.0715 e. The van der Waals surface area contributed by atoms with Crippen molar-refractivity contribution >= 4 is 27.1 Å². The van der Waals surface area contributed by atoms with E-state index in [-0.39, 0.29) is 0 Å². The first-order chi connectivity index (χ1) is 15.9. The van der Waals surface area contributed by atoms with Gasteiger partial charge in [-0.2, -0.15) is 0 Å². The molecular weight excluding hydrogens is 412 g/mol. The van der Waals surface area contributed by atoms with Crippen LogP contribution in [0.4, 0.5) is 0 Å². The zero-order valence-corrected chi connectivity index (χ0v) is 21.3. The maximum absolute atomic E-state index is 3.90. The van der Waals surface area contributed by atoms with E-state index < -0.39 is 0 Å². The Bertz CT molecular complexity index is 1330. The SMILES string of the molecule is CCC1=Cc2c(-c3ccccc3)cccc2C1c1ccc([Si])c(C)c1C1=C(C)C(C)=CC1C. The van der Waals surface area contributed by atoms with Gasteiger partial charge in [-0.25, -0.2) is 0 Å². The fourth-order valence-electron chi connectivity index (χ4n) is 5.89. The molecule has 3 aromatic rings. The summed E-state index contributed by atoms with van der Waals surface area (Å²) < 4.78 is 0. The molecule has 0 spiro atoms. The van der Waals surface area contributed by atoms with Crippen LogP contribution in [0.5, 0.6) is 0 Å². The van der Waals surface area contributed by atoms with Crippen molar-refractivity contribution in [3.8, 4) is 11.1 Å². The highest BCUT2D eigenvalue weighted by molar-refractivity contribution is 6.33. The lowest BCUT2D eigenvalue weighted by Crippen LogP contribution is -2.16. The summed E-state index contributed by atoms with van der Waals surface area (Å²) >= 11 is 0. The van der Waals surface area contributed by atoms with Crippen molar-refractivity contribution in [2.75, 3.05) is 0 Å². The van der Waals surface area contributed by atoms with Crippen LogP contribution in [0, 0.1) is 12.8 Å². The van der Waals surface area contributed by atoms with Gasteiger partial charge in [0, 0.05) is 11.8 Å². The third-order valence-electron chi connectivity index (χ3n) is 7.67. The molecule has 0 aliphatic heterocycles. The third kappa shape index (κ3) is 3.50. The van der Waals surface area contributed by atoms with Crippen LogP contribution in [0.3, 0.4) is 0 Å². The Morgan fingerprint density at radius 3 is 2.27 bits per heavy atom. The minimum atomic E-state index is 0.294. The molecule has 0 saturated heterocycles. The van der Waals surface area contributed by atoms with Crippen molar-refractivity contribution in [2.24, 2.45) is 5.92 Å². The van der Waals surface area contributed by atoms with E-state index in [4.69, 9.17) is 0 Å². The van der Waals surface area contributed by atoms with Gasteiger partial charge in [-0.3, -0.25) is 0 Å². The van der Waals surface area contributed by atoms with Gasteiger partial charge in [0.1, 0.15) is 0 Å². The first-order valence-electron chi connectivity index (χ1n) is 12.1. The molecule has 5 rings (SSSR count). The Morgan fingerprint density at radius 1 is 0.848 bits per heavy atom. The van der Waals surface area contributed by atoms with E-state index in [9.17, 15) is 0 Å². The van der Waals surface area contributed by atoms with Gasteiger partial charge in [0.05, 0.1) is 10.2 Å². The number of fused-ring (bicyclic) bond motifs is 1. The van der Waals surface area contributed by atoms with E-state index in [2.05, 4.69) is 118 Å². The molecule has 2 atom stereocenters. The lowest BCUT2D eigenvalue weighted by atomic mass is 9.78. The molecule has 0 N–H and O–H groups in total. The molecule has 3 radical (unpaired) electrons. The summed E-state index contributed by atoms with van der Waals surface area (Å²) in [4.78, 5) is 0. The summed E-state index contributed by atoms with van der Waals surface area (Å²) in [5.41, 5.74) is 15.5. The largest absolute Gasteiger partial charge is 0.0740 e. The van der Waals surface area contributed by atoms with Crippen molar-refractivity contribution in [1.29, 1.82) is 0 Å². The zero-order chi connectivity index (χ0) is 23.3. The fourth-order valence-corrected chi connectivity index (χ4v) is 6.10. The molecule has 0 fully saturated rings. The molecule has 0 saturated carbocycles. The van der Waals surface area contributed by atoms with Gasteiger partial charge in [-0.1, -0.05) is 103 Å². The minimum absolute atomic E-state index is 0.294. The molecule has 0 aromatic heterocycles. The predicted octanol–water partition coefficient (Wildman–Crippen LogP) is 7.76. The third-order valence-corrected chi connectivity index (χ3v) is 8.21. The Hall–Kier alpha value is -2.90. The van der Waals surface area contributed by atoms with Gasteiger partial charge in [0.2, 0.25) is 0 Å². The Balaban J connectivity index is 1.75. The predicted molar refractivity (Wildman–Crippen MR) is 144 cm³/mol. The number of hydrogen-bond acceptors (Lipinski definition) is 0. The molecular formula is C32H31Si. The number of allylic oxidation sites excluding steroid dienone is 5. The van der Waals surface area contributed by atoms with E-state index in [1.54, 1.807) is 0 Å².